The second-order valence-electron chi connectivity index (χ2n) is 4.87. The number of nitriles is 1. The number of aromatic nitrogens is 2. The van der Waals surface area contributed by atoms with Crippen molar-refractivity contribution >= 4 is 21.4 Å². The fourth-order valence-electron chi connectivity index (χ4n) is 2.81. The Kier molecular flexibility index (Phi) is 3.09. The van der Waals surface area contributed by atoms with Crippen molar-refractivity contribution in [2.24, 2.45) is 0 Å². The molecule has 0 aromatic carbocycles. The van der Waals surface area contributed by atoms with Gasteiger partial charge < -0.3 is 4.40 Å². The molecule has 1 fully saturated rings. The van der Waals surface area contributed by atoms with E-state index in [-0.39, 0.29) is 0 Å². The van der Waals surface area contributed by atoms with E-state index >= 15 is 0 Å². The summed E-state index contributed by atoms with van der Waals surface area (Å²) in [4.78, 5) is 4.55. The van der Waals surface area contributed by atoms with Crippen molar-refractivity contribution in [3.05, 3.63) is 34.3 Å². The van der Waals surface area contributed by atoms with E-state index in [2.05, 4.69) is 31.4 Å². The topological polar surface area (TPSA) is 41.1 Å². The second-order valence-corrected chi connectivity index (χ2v) is 5.78. The number of rotatable bonds is 1. The monoisotopic (exact) mass is 303 g/mol. The standard InChI is InChI=1S/C14H14BrN3/c15-11-6-7-13-12(8-16)17-14(18(13)9-11)10-4-2-1-3-5-10/h6-7,9-10H,1-5H2. The first-order valence-corrected chi connectivity index (χ1v) is 7.16. The van der Waals surface area contributed by atoms with Gasteiger partial charge >= 0.3 is 0 Å². The Labute approximate surface area is 115 Å². The summed E-state index contributed by atoms with van der Waals surface area (Å²) >= 11 is 3.49. The van der Waals surface area contributed by atoms with Crippen LogP contribution in [0.25, 0.3) is 5.52 Å². The summed E-state index contributed by atoms with van der Waals surface area (Å²) in [5.41, 5.74) is 1.46. The summed E-state index contributed by atoms with van der Waals surface area (Å²) in [6.07, 6.45) is 8.28. The minimum Gasteiger partial charge on any atom is -0.301 e. The highest BCUT2D eigenvalue weighted by molar-refractivity contribution is 9.10. The van der Waals surface area contributed by atoms with Gasteiger partial charge in [-0.2, -0.15) is 5.26 Å². The SMILES string of the molecule is N#Cc1nc(C2CCCCC2)n2cc(Br)ccc12. The third kappa shape index (κ3) is 1.93. The predicted octanol–water partition coefficient (Wildman–Crippen LogP) is 4.02. The lowest BCUT2D eigenvalue weighted by atomic mass is 9.89. The fraction of sp³-hybridized carbons (Fsp3) is 0.429. The maximum absolute atomic E-state index is 9.18. The number of hydrogen-bond donors (Lipinski definition) is 0. The Bertz CT molecular complexity index is 618. The zero-order valence-corrected chi connectivity index (χ0v) is 11.7. The fourth-order valence-corrected chi connectivity index (χ4v) is 3.15. The summed E-state index contributed by atoms with van der Waals surface area (Å²) in [5.74, 6) is 1.56. The Balaban J connectivity index is 2.16. The zero-order chi connectivity index (χ0) is 12.5. The highest BCUT2D eigenvalue weighted by Crippen LogP contribution is 2.33. The molecule has 0 atom stereocenters. The quantitative estimate of drug-likeness (QED) is 0.798. The van der Waals surface area contributed by atoms with Crippen LogP contribution in [0.15, 0.2) is 22.8 Å². The lowest BCUT2D eigenvalue weighted by Crippen LogP contribution is -2.08. The lowest BCUT2D eigenvalue weighted by Gasteiger charge is -2.20. The highest BCUT2D eigenvalue weighted by atomic mass is 79.9. The third-order valence-corrected chi connectivity index (χ3v) is 4.17. The van der Waals surface area contributed by atoms with Crippen LogP contribution in [-0.2, 0) is 0 Å². The van der Waals surface area contributed by atoms with Gasteiger partial charge in [-0.05, 0) is 40.9 Å². The normalized spacial score (nSPS) is 16.9. The van der Waals surface area contributed by atoms with Gasteiger partial charge in [-0.3, -0.25) is 0 Å². The summed E-state index contributed by atoms with van der Waals surface area (Å²) in [7, 11) is 0. The van der Waals surface area contributed by atoms with Gasteiger partial charge in [0.25, 0.3) is 0 Å². The molecule has 0 N–H and O–H groups in total. The molecule has 1 saturated carbocycles. The Hall–Kier alpha value is -1.34. The van der Waals surface area contributed by atoms with Crippen LogP contribution in [0.1, 0.15) is 49.5 Å². The van der Waals surface area contributed by atoms with Crippen molar-refractivity contribution in [2.75, 3.05) is 0 Å². The number of nitrogens with zero attached hydrogens (tertiary/aromatic N) is 3. The van der Waals surface area contributed by atoms with Crippen molar-refractivity contribution in [3.63, 3.8) is 0 Å². The molecule has 3 nitrogen and oxygen atoms in total. The van der Waals surface area contributed by atoms with Gasteiger partial charge in [0.15, 0.2) is 5.69 Å². The molecule has 92 valence electrons. The van der Waals surface area contributed by atoms with Crippen LogP contribution >= 0.6 is 15.9 Å². The molecule has 0 unspecified atom stereocenters. The largest absolute Gasteiger partial charge is 0.301 e. The predicted molar refractivity (Wildman–Crippen MR) is 73.4 cm³/mol. The minimum atomic E-state index is 0.502. The maximum atomic E-state index is 9.18. The molecular weight excluding hydrogens is 290 g/mol. The molecule has 18 heavy (non-hydrogen) atoms. The van der Waals surface area contributed by atoms with E-state index in [9.17, 15) is 5.26 Å². The molecule has 0 bridgehead atoms. The minimum absolute atomic E-state index is 0.502. The number of hydrogen-bond acceptors (Lipinski definition) is 2. The summed E-state index contributed by atoms with van der Waals surface area (Å²) < 4.78 is 3.10. The molecule has 2 aromatic rings. The van der Waals surface area contributed by atoms with E-state index in [1.165, 1.54) is 32.1 Å². The van der Waals surface area contributed by atoms with Crippen molar-refractivity contribution in [3.8, 4) is 6.07 Å². The molecule has 0 amide bonds. The van der Waals surface area contributed by atoms with Crippen LogP contribution < -0.4 is 0 Å². The molecule has 0 aliphatic heterocycles. The summed E-state index contributed by atoms with van der Waals surface area (Å²) in [6.45, 7) is 0. The van der Waals surface area contributed by atoms with Gasteiger partial charge in [0, 0.05) is 16.6 Å². The van der Waals surface area contributed by atoms with Crippen molar-refractivity contribution < 1.29 is 0 Å². The molecule has 1 aliphatic carbocycles. The first-order chi connectivity index (χ1) is 8.79. The van der Waals surface area contributed by atoms with Crippen molar-refractivity contribution in [1.29, 1.82) is 5.26 Å². The molecule has 3 rings (SSSR count). The Morgan fingerprint density at radius 2 is 2.06 bits per heavy atom. The number of halogens is 1. The van der Waals surface area contributed by atoms with Gasteiger partial charge in [0.1, 0.15) is 11.9 Å². The molecular formula is C14H14BrN3. The molecule has 0 radical (unpaired) electrons. The summed E-state index contributed by atoms with van der Waals surface area (Å²) in [6, 6.07) is 6.12. The van der Waals surface area contributed by atoms with Gasteiger partial charge in [-0.15, -0.1) is 0 Å². The molecule has 4 heteroatoms. The average Bonchev–Trinajstić information content (AvgIpc) is 2.77. The van der Waals surface area contributed by atoms with Gasteiger partial charge in [-0.25, -0.2) is 4.98 Å². The molecule has 0 saturated heterocycles. The van der Waals surface area contributed by atoms with Crippen LogP contribution in [0.4, 0.5) is 0 Å². The maximum Gasteiger partial charge on any atom is 0.166 e. The number of imidazole rings is 1. The van der Waals surface area contributed by atoms with Crippen molar-refractivity contribution in [2.45, 2.75) is 38.0 Å². The van der Waals surface area contributed by atoms with E-state index < -0.39 is 0 Å². The average molecular weight is 304 g/mol. The lowest BCUT2D eigenvalue weighted by molar-refractivity contribution is 0.427. The van der Waals surface area contributed by atoms with E-state index in [0.717, 1.165) is 15.8 Å². The zero-order valence-electron chi connectivity index (χ0n) is 10.1. The number of fused-ring (bicyclic) bond motifs is 1. The van der Waals surface area contributed by atoms with Crippen LogP contribution in [0, 0.1) is 11.3 Å². The Morgan fingerprint density at radius 3 is 2.78 bits per heavy atom. The van der Waals surface area contributed by atoms with E-state index in [1.807, 2.05) is 18.3 Å². The molecule has 1 aliphatic rings. The first-order valence-electron chi connectivity index (χ1n) is 6.37. The van der Waals surface area contributed by atoms with Crippen LogP contribution in [0.2, 0.25) is 0 Å². The van der Waals surface area contributed by atoms with E-state index in [1.54, 1.807) is 0 Å². The molecule has 2 heterocycles. The van der Waals surface area contributed by atoms with Crippen molar-refractivity contribution in [1.82, 2.24) is 9.38 Å². The van der Waals surface area contributed by atoms with Crippen LogP contribution in [-0.4, -0.2) is 9.38 Å². The third-order valence-electron chi connectivity index (χ3n) is 3.70. The smallest absolute Gasteiger partial charge is 0.166 e. The molecule has 0 spiro atoms. The van der Waals surface area contributed by atoms with Gasteiger partial charge in [0.2, 0.25) is 0 Å². The van der Waals surface area contributed by atoms with Crippen LogP contribution in [0.5, 0.6) is 0 Å². The second kappa shape index (κ2) is 4.74. The van der Waals surface area contributed by atoms with E-state index in [0.29, 0.717) is 11.6 Å². The molecule has 2 aromatic heterocycles. The Morgan fingerprint density at radius 1 is 1.28 bits per heavy atom. The van der Waals surface area contributed by atoms with Crippen LogP contribution in [0.3, 0.4) is 0 Å². The summed E-state index contributed by atoms with van der Waals surface area (Å²) in [5, 5.41) is 9.18. The number of pyridine rings is 1. The first kappa shape index (κ1) is 11.7. The highest BCUT2D eigenvalue weighted by Gasteiger charge is 2.22. The van der Waals surface area contributed by atoms with Gasteiger partial charge in [0.05, 0.1) is 5.52 Å². The van der Waals surface area contributed by atoms with Gasteiger partial charge in [-0.1, -0.05) is 19.3 Å². The van der Waals surface area contributed by atoms with E-state index in [4.69, 9.17) is 0 Å².